The average Bonchev–Trinajstić information content (AvgIpc) is 2.62. The largest absolute Gasteiger partial charge is 0.392 e. The van der Waals surface area contributed by atoms with Crippen molar-refractivity contribution in [3.8, 4) is 0 Å². The van der Waals surface area contributed by atoms with E-state index in [2.05, 4.69) is 6.92 Å². The van der Waals surface area contributed by atoms with Gasteiger partial charge in [-0.25, -0.2) is 0 Å². The Kier molecular flexibility index (Phi) is 12.9. The van der Waals surface area contributed by atoms with Gasteiger partial charge >= 0.3 is 0 Å². The highest BCUT2D eigenvalue weighted by molar-refractivity contribution is 8.14. The van der Waals surface area contributed by atoms with Gasteiger partial charge in [-0.3, -0.25) is 4.79 Å². The van der Waals surface area contributed by atoms with Crippen LogP contribution in [0.1, 0.15) is 87.9 Å². The third kappa shape index (κ3) is 10.9. The van der Waals surface area contributed by atoms with E-state index in [4.69, 9.17) is 0 Å². The lowest BCUT2D eigenvalue weighted by molar-refractivity contribution is 0.108. The summed E-state index contributed by atoms with van der Waals surface area (Å²) in [6.45, 7) is 2.25. The van der Waals surface area contributed by atoms with Crippen LogP contribution in [0.3, 0.4) is 0 Å². The third-order valence-corrected chi connectivity index (χ3v) is 5.36. The molecule has 0 heterocycles. The van der Waals surface area contributed by atoms with Gasteiger partial charge in [0, 0.05) is 11.3 Å². The van der Waals surface area contributed by atoms with Crippen molar-refractivity contribution < 1.29 is 9.90 Å². The standard InChI is InChI=1S/C21H34O2S/c1-2-3-4-5-6-7-8-9-10-14-17-20(22)18-24-21(23)19-15-12-11-13-16-19/h11-13,15-16,20,22H,2-10,14,17-18H2,1H3. The Hall–Kier alpha value is -0.800. The van der Waals surface area contributed by atoms with Gasteiger partial charge in [0.05, 0.1) is 6.10 Å². The first kappa shape index (κ1) is 21.2. The maximum absolute atomic E-state index is 11.9. The smallest absolute Gasteiger partial charge is 0.219 e. The molecule has 0 aliphatic heterocycles. The summed E-state index contributed by atoms with van der Waals surface area (Å²) in [7, 11) is 0. The monoisotopic (exact) mass is 350 g/mol. The molecule has 1 aromatic carbocycles. The first-order valence-corrected chi connectivity index (χ1v) is 10.6. The Morgan fingerprint density at radius 2 is 1.46 bits per heavy atom. The molecule has 1 aromatic rings. The molecule has 3 heteroatoms. The fourth-order valence-electron chi connectivity index (χ4n) is 2.78. The van der Waals surface area contributed by atoms with E-state index < -0.39 is 0 Å². The van der Waals surface area contributed by atoms with Gasteiger partial charge < -0.3 is 5.11 Å². The number of thioether (sulfide) groups is 1. The highest BCUT2D eigenvalue weighted by Gasteiger charge is 2.10. The maximum Gasteiger partial charge on any atom is 0.219 e. The van der Waals surface area contributed by atoms with E-state index in [1.165, 1.54) is 69.5 Å². The Morgan fingerprint density at radius 1 is 0.917 bits per heavy atom. The fourth-order valence-corrected chi connectivity index (χ4v) is 3.59. The molecule has 0 fully saturated rings. The van der Waals surface area contributed by atoms with E-state index in [1.54, 1.807) is 0 Å². The fraction of sp³-hybridized carbons (Fsp3) is 0.667. The van der Waals surface area contributed by atoms with E-state index in [0.29, 0.717) is 11.3 Å². The van der Waals surface area contributed by atoms with Crippen LogP contribution >= 0.6 is 11.8 Å². The zero-order valence-electron chi connectivity index (χ0n) is 15.2. The summed E-state index contributed by atoms with van der Waals surface area (Å²) < 4.78 is 0. The summed E-state index contributed by atoms with van der Waals surface area (Å²) in [6, 6.07) is 9.29. The second-order valence-electron chi connectivity index (χ2n) is 6.59. The van der Waals surface area contributed by atoms with Gasteiger partial charge in [-0.05, 0) is 6.42 Å². The average molecular weight is 351 g/mol. The van der Waals surface area contributed by atoms with Crippen LogP contribution in [0.5, 0.6) is 0 Å². The summed E-state index contributed by atoms with van der Waals surface area (Å²) in [5.74, 6) is 0.505. The van der Waals surface area contributed by atoms with Crippen LogP contribution in [-0.4, -0.2) is 22.1 Å². The molecule has 0 aromatic heterocycles. The van der Waals surface area contributed by atoms with Gasteiger partial charge in [0.1, 0.15) is 0 Å². The molecule has 0 aliphatic carbocycles. The third-order valence-electron chi connectivity index (χ3n) is 4.31. The van der Waals surface area contributed by atoms with Crippen molar-refractivity contribution in [3.63, 3.8) is 0 Å². The summed E-state index contributed by atoms with van der Waals surface area (Å²) in [6.07, 6.45) is 13.5. The summed E-state index contributed by atoms with van der Waals surface area (Å²) in [5.41, 5.74) is 0.716. The molecule has 0 saturated heterocycles. The minimum absolute atomic E-state index is 0.0534. The zero-order chi connectivity index (χ0) is 17.5. The highest BCUT2D eigenvalue weighted by Crippen LogP contribution is 2.16. The van der Waals surface area contributed by atoms with E-state index in [-0.39, 0.29) is 11.2 Å². The van der Waals surface area contributed by atoms with Crippen LogP contribution in [0, 0.1) is 0 Å². The first-order valence-electron chi connectivity index (χ1n) is 9.64. The van der Waals surface area contributed by atoms with Crippen LogP contribution in [0.4, 0.5) is 0 Å². The lowest BCUT2D eigenvalue weighted by Crippen LogP contribution is -2.11. The Morgan fingerprint density at radius 3 is 2.04 bits per heavy atom. The predicted molar refractivity (Wildman–Crippen MR) is 106 cm³/mol. The van der Waals surface area contributed by atoms with Gasteiger partial charge in [0.25, 0.3) is 0 Å². The number of unbranched alkanes of at least 4 members (excludes halogenated alkanes) is 9. The zero-order valence-corrected chi connectivity index (χ0v) is 16.0. The molecule has 2 nitrogen and oxygen atoms in total. The number of hydrogen-bond acceptors (Lipinski definition) is 3. The lowest BCUT2D eigenvalue weighted by Gasteiger charge is -2.09. The minimum atomic E-state index is -0.364. The number of benzene rings is 1. The van der Waals surface area contributed by atoms with Crippen molar-refractivity contribution in [3.05, 3.63) is 35.9 Å². The Bertz CT molecular complexity index is 419. The molecule has 1 rings (SSSR count). The van der Waals surface area contributed by atoms with Crippen molar-refractivity contribution in [1.82, 2.24) is 0 Å². The second-order valence-corrected chi connectivity index (χ2v) is 7.58. The van der Waals surface area contributed by atoms with Crippen molar-refractivity contribution in [2.45, 2.75) is 83.7 Å². The van der Waals surface area contributed by atoms with Crippen molar-refractivity contribution in [2.24, 2.45) is 0 Å². The molecular formula is C21H34O2S. The molecule has 0 spiro atoms. The van der Waals surface area contributed by atoms with Crippen LogP contribution < -0.4 is 0 Å². The van der Waals surface area contributed by atoms with Crippen molar-refractivity contribution in [2.75, 3.05) is 5.75 Å². The molecule has 0 amide bonds. The van der Waals surface area contributed by atoms with Gasteiger partial charge in [0.15, 0.2) is 0 Å². The number of aliphatic hydroxyl groups is 1. The Balaban J connectivity index is 1.93. The van der Waals surface area contributed by atoms with Crippen LogP contribution in [0.15, 0.2) is 30.3 Å². The van der Waals surface area contributed by atoms with Gasteiger partial charge in [-0.15, -0.1) is 0 Å². The van der Waals surface area contributed by atoms with Crippen molar-refractivity contribution in [1.29, 1.82) is 0 Å². The minimum Gasteiger partial charge on any atom is -0.392 e. The van der Waals surface area contributed by atoms with Crippen molar-refractivity contribution >= 4 is 16.9 Å². The lowest BCUT2D eigenvalue weighted by atomic mass is 10.1. The van der Waals surface area contributed by atoms with Gasteiger partial charge in [-0.1, -0.05) is 113 Å². The first-order chi connectivity index (χ1) is 11.7. The molecule has 0 bridgehead atoms. The van der Waals surface area contributed by atoms with Crippen LogP contribution in [-0.2, 0) is 0 Å². The number of rotatable bonds is 14. The molecule has 0 saturated carbocycles. The predicted octanol–water partition coefficient (Wildman–Crippen LogP) is 6.23. The molecule has 136 valence electrons. The van der Waals surface area contributed by atoms with Gasteiger partial charge in [-0.2, -0.15) is 0 Å². The SMILES string of the molecule is CCCCCCCCCCCCC(O)CSC(=O)c1ccccc1. The van der Waals surface area contributed by atoms with E-state index in [0.717, 1.165) is 12.8 Å². The van der Waals surface area contributed by atoms with E-state index in [1.807, 2.05) is 30.3 Å². The molecule has 0 aliphatic rings. The highest BCUT2D eigenvalue weighted by atomic mass is 32.2. The number of carbonyl (C=O) groups excluding carboxylic acids is 1. The van der Waals surface area contributed by atoms with Crippen LogP contribution in [0.2, 0.25) is 0 Å². The van der Waals surface area contributed by atoms with E-state index in [9.17, 15) is 9.90 Å². The summed E-state index contributed by atoms with van der Waals surface area (Å²) >= 11 is 1.23. The van der Waals surface area contributed by atoms with E-state index >= 15 is 0 Å². The molecule has 0 radical (unpaired) electrons. The second kappa shape index (κ2) is 14.5. The van der Waals surface area contributed by atoms with Crippen LogP contribution in [0.25, 0.3) is 0 Å². The molecule has 24 heavy (non-hydrogen) atoms. The summed E-state index contributed by atoms with van der Waals surface area (Å²) in [5, 5.41) is 10.0. The Labute approximate surface area is 152 Å². The number of hydrogen-bond donors (Lipinski definition) is 1. The summed E-state index contributed by atoms with van der Waals surface area (Å²) in [4.78, 5) is 11.9. The number of carbonyl (C=O) groups is 1. The quantitative estimate of drug-likeness (QED) is 0.404. The topological polar surface area (TPSA) is 37.3 Å². The molecule has 1 unspecified atom stereocenters. The maximum atomic E-state index is 11.9. The van der Waals surface area contributed by atoms with Gasteiger partial charge in [0.2, 0.25) is 5.12 Å². The molecule has 1 atom stereocenters. The molecular weight excluding hydrogens is 316 g/mol. The normalized spacial score (nSPS) is 12.2. The molecule has 1 N–H and O–H groups in total. The number of aliphatic hydroxyl groups excluding tert-OH is 1.